The summed E-state index contributed by atoms with van der Waals surface area (Å²) in [5.74, 6) is 0. The van der Waals surface area contributed by atoms with Crippen molar-refractivity contribution in [1.29, 1.82) is 0 Å². The Balaban J connectivity index is 2.03. The molecule has 1 aromatic carbocycles. The molecule has 0 amide bonds. The Labute approximate surface area is 118 Å². The number of aliphatic hydroxyl groups is 4. The van der Waals surface area contributed by atoms with E-state index in [2.05, 4.69) is 21.2 Å². The van der Waals surface area contributed by atoms with Gasteiger partial charge < -0.3 is 30.5 Å². The molecule has 1 fully saturated rings. The molecule has 0 bridgehead atoms. The lowest BCUT2D eigenvalue weighted by Crippen LogP contribution is -2.40. The highest BCUT2D eigenvalue weighted by Crippen LogP contribution is 2.25. The van der Waals surface area contributed by atoms with Crippen molar-refractivity contribution in [3.63, 3.8) is 0 Å². The highest BCUT2D eigenvalue weighted by Gasteiger charge is 2.45. The molecule has 7 heteroatoms. The molecule has 0 saturated carbocycles. The molecule has 1 aromatic rings. The van der Waals surface area contributed by atoms with Crippen LogP contribution < -0.4 is 5.32 Å². The monoisotopic (exact) mass is 333 g/mol. The van der Waals surface area contributed by atoms with Crippen molar-refractivity contribution >= 4 is 21.6 Å². The van der Waals surface area contributed by atoms with E-state index in [0.29, 0.717) is 5.69 Å². The first kappa shape index (κ1) is 14.7. The van der Waals surface area contributed by atoms with E-state index in [4.69, 9.17) is 9.84 Å². The van der Waals surface area contributed by atoms with Gasteiger partial charge in [0.15, 0.2) is 6.23 Å². The molecule has 3 unspecified atom stereocenters. The molecular weight excluding hydrogens is 318 g/mol. The van der Waals surface area contributed by atoms with Gasteiger partial charge in [0, 0.05) is 10.2 Å². The summed E-state index contributed by atoms with van der Waals surface area (Å²) in [5.41, 5.74) is 0.707. The molecule has 6 nitrogen and oxygen atoms in total. The minimum Gasteiger partial charge on any atom is -0.394 e. The summed E-state index contributed by atoms with van der Waals surface area (Å²) in [7, 11) is 0. The van der Waals surface area contributed by atoms with Gasteiger partial charge in [0.25, 0.3) is 0 Å². The van der Waals surface area contributed by atoms with Gasteiger partial charge in [0.2, 0.25) is 0 Å². The fourth-order valence-corrected chi connectivity index (χ4v) is 2.22. The average Bonchev–Trinajstić information content (AvgIpc) is 2.69. The Morgan fingerprint density at radius 2 is 1.84 bits per heavy atom. The Kier molecular flexibility index (Phi) is 4.77. The Hall–Kier alpha value is -0.700. The lowest BCUT2D eigenvalue weighted by Gasteiger charge is -2.19. The molecule has 5 N–H and O–H groups in total. The Bertz CT molecular complexity index is 415. The van der Waals surface area contributed by atoms with Gasteiger partial charge in [-0.15, -0.1) is 0 Å². The van der Waals surface area contributed by atoms with Crippen LogP contribution in [-0.2, 0) is 4.74 Å². The van der Waals surface area contributed by atoms with Crippen molar-refractivity contribution < 1.29 is 25.2 Å². The summed E-state index contributed by atoms with van der Waals surface area (Å²) in [4.78, 5) is 0. The molecule has 1 aliphatic rings. The van der Waals surface area contributed by atoms with Crippen molar-refractivity contribution in [2.45, 2.75) is 30.6 Å². The van der Waals surface area contributed by atoms with Gasteiger partial charge >= 0.3 is 0 Å². The molecule has 106 valence electrons. The number of ether oxygens (including phenoxy) is 1. The molecule has 0 aromatic heterocycles. The summed E-state index contributed by atoms with van der Waals surface area (Å²) in [6, 6.07) is 7.20. The maximum Gasteiger partial charge on any atom is 0.157 e. The van der Waals surface area contributed by atoms with Gasteiger partial charge in [-0.05, 0) is 24.3 Å². The third kappa shape index (κ3) is 3.25. The minimum atomic E-state index is -1.25. The first-order valence-corrected chi connectivity index (χ1v) is 6.65. The SMILES string of the molecule is OCC(O)[C@@H]1O[C@@H](Nc2ccc(Br)cc2)C(O)C1O. The Morgan fingerprint density at radius 3 is 2.42 bits per heavy atom. The van der Waals surface area contributed by atoms with Gasteiger partial charge in [-0.25, -0.2) is 0 Å². The molecule has 0 radical (unpaired) electrons. The molecule has 0 spiro atoms. The number of benzene rings is 1. The number of rotatable bonds is 4. The fourth-order valence-electron chi connectivity index (χ4n) is 1.96. The van der Waals surface area contributed by atoms with E-state index in [1.807, 2.05) is 12.1 Å². The molecule has 0 aliphatic carbocycles. The predicted octanol–water partition coefficient (Wildman–Crippen LogP) is -0.339. The molecule has 19 heavy (non-hydrogen) atoms. The van der Waals surface area contributed by atoms with E-state index in [1.54, 1.807) is 12.1 Å². The van der Waals surface area contributed by atoms with Crippen LogP contribution in [0.1, 0.15) is 0 Å². The maximum atomic E-state index is 9.85. The topological polar surface area (TPSA) is 102 Å². The van der Waals surface area contributed by atoms with Gasteiger partial charge in [-0.3, -0.25) is 0 Å². The van der Waals surface area contributed by atoms with E-state index in [0.717, 1.165) is 4.47 Å². The second-order valence-electron chi connectivity index (χ2n) is 4.40. The quantitative estimate of drug-likeness (QED) is 0.516. The van der Waals surface area contributed by atoms with E-state index >= 15 is 0 Å². The standard InChI is InChI=1S/C12H16BrNO5/c13-6-1-3-7(4-2-6)14-12-10(18)9(17)11(19-12)8(16)5-15/h1-4,8-12,14-18H,5H2/t8?,9?,10?,11-,12+/m0/s1. The number of anilines is 1. The van der Waals surface area contributed by atoms with Crippen LogP contribution in [0.4, 0.5) is 5.69 Å². The van der Waals surface area contributed by atoms with E-state index in [9.17, 15) is 15.3 Å². The molecule has 1 saturated heterocycles. The van der Waals surface area contributed by atoms with Crippen LogP contribution in [-0.4, -0.2) is 57.7 Å². The molecule has 1 heterocycles. The number of halogens is 1. The zero-order valence-electron chi connectivity index (χ0n) is 9.98. The number of nitrogens with one attached hydrogen (secondary N) is 1. The smallest absolute Gasteiger partial charge is 0.157 e. The third-order valence-corrected chi connectivity index (χ3v) is 3.55. The van der Waals surface area contributed by atoms with Crippen LogP contribution in [0.25, 0.3) is 0 Å². The third-order valence-electron chi connectivity index (χ3n) is 3.02. The van der Waals surface area contributed by atoms with E-state index in [-0.39, 0.29) is 0 Å². The van der Waals surface area contributed by atoms with Crippen molar-refractivity contribution in [3.05, 3.63) is 28.7 Å². The van der Waals surface area contributed by atoms with Crippen LogP contribution >= 0.6 is 15.9 Å². The number of hydrogen-bond donors (Lipinski definition) is 5. The zero-order valence-corrected chi connectivity index (χ0v) is 11.6. The van der Waals surface area contributed by atoms with E-state index < -0.39 is 37.3 Å². The summed E-state index contributed by atoms with van der Waals surface area (Å²) in [5, 5.41) is 40.9. The van der Waals surface area contributed by atoms with Crippen LogP contribution in [0.5, 0.6) is 0 Å². The number of hydrogen-bond acceptors (Lipinski definition) is 6. The van der Waals surface area contributed by atoms with Gasteiger partial charge in [-0.2, -0.15) is 0 Å². The molecule has 2 rings (SSSR count). The first-order chi connectivity index (χ1) is 9.02. The lowest BCUT2D eigenvalue weighted by atomic mass is 10.1. The highest BCUT2D eigenvalue weighted by molar-refractivity contribution is 9.10. The second-order valence-corrected chi connectivity index (χ2v) is 5.32. The second kappa shape index (κ2) is 6.17. The summed E-state index contributed by atoms with van der Waals surface area (Å²) in [6.45, 7) is -0.542. The highest BCUT2D eigenvalue weighted by atomic mass is 79.9. The first-order valence-electron chi connectivity index (χ1n) is 5.85. The average molecular weight is 334 g/mol. The fraction of sp³-hybridized carbons (Fsp3) is 0.500. The van der Waals surface area contributed by atoms with Crippen LogP contribution in [0.2, 0.25) is 0 Å². The lowest BCUT2D eigenvalue weighted by molar-refractivity contribution is -0.0774. The minimum absolute atomic E-state index is 0.542. The summed E-state index contributed by atoms with van der Waals surface area (Å²) < 4.78 is 6.26. The summed E-state index contributed by atoms with van der Waals surface area (Å²) in [6.07, 6.45) is -5.54. The molecule has 1 aliphatic heterocycles. The van der Waals surface area contributed by atoms with Crippen molar-refractivity contribution in [3.8, 4) is 0 Å². The Morgan fingerprint density at radius 1 is 1.21 bits per heavy atom. The van der Waals surface area contributed by atoms with Gasteiger partial charge in [0.1, 0.15) is 24.4 Å². The predicted molar refractivity (Wildman–Crippen MR) is 71.5 cm³/mol. The van der Waals surface area contributed by atoms with Crippen molar-refractivity contribution in [2.75, 3.05) is 11.9 Å². The van der Waals surface area contributed by atoms with Crippen molar-refractivity contribution in [1.82, 2.24) is 0 Å². The normalized spacial score (nSPS) is 32.3. The van der Waals surface area contributed by atoms with Crippen LogP contribution in [0.15, 0.2) is 28.7 Å². The number of aliphatic hydroxyl groups excluding tert-OH is 4. The van der Waals surface area contributed by atoms with Crippen LogP contribution in [0, 0.1) is 0 Å². The van der Waals surface area contributed by atoms with E-state index in [1.165, 1.54) is 0 Å². The maximum absolute atomic E-state index is 9.85. The molecule has 5 atom stereocenters. The summed E-state index contributed by atoms with van der Waals surface area (Å²) >= 11 is 3.31. The largest absolute Gasteiger partial charge is 0.394 e. The molecular formula is C12H16BrNO5. The van der Waals surface area contributed by atoms with Crippen LogP contribution in [0.3, 0.4) is 0 Å². The van der Waals surface area contributed by atoms with Gasteiger partial charge in [-0.1, -0.05) is 15.9 Å². The van der Waals surface area contributed by atoms with Gasteiger partial charge in [0.05, 0.1) is 6.61 Å². The zero-order chi connectivity index (χ0) is 14.0. The van der Waals surface area contributed by atoms with Crippen molar-refractivity contribution in [2.24, 2.45) is 0 Å².